The zero-order valence-electron chi connectivity index (χ0n) is 17.5. The summed E-state index contributed by atoms with van der Waals surface area (Å²) in [7, 11) is -0.906. The lowest BCUT2D eigenvalue weighted by atomic mass is 10.1. The Balaban J connectivity index is 2.10. The number of rotatable bonds is 8. The van der Waals surface area contributed by atoms with Crippen molar-refractivity contribution in [3.8, 4) is 0 Å². The third-order valence-corrected chi connectivity index (χ3v) is 6.26. The number of sulfonamides is 1. The number of carbonyl (C=O) groups is 2. The van der Waals surface area contributed by atoms with E-state index < -0.39 is 32.9 Å². The van der Waals surface area contributed by atoms with E-state index in [-0.39, 0.29) is 28.3 Å². The molecular formula is C20H23N3O7S. The van der Waals surface area contributed by atoms with Gasteiger partial charge in [-0.15, -0.1) is 0 Å². The molecule has 0 aromatic heterocycles. The lowest BCUT2D eigenvalue weighted by molar-refractivity contribution is -0.385. The number of hydrogen-bond acceptors (Lipinski definition) is 7. The summed E-state index contributed by atoms with van der Waals surface area (Å²) in [6.45, 7) is 3.04. The number of esters is 1. The smallest absolute Gasteiger partial charge is 0.311 e. The number of nitro benzene ring substituents is 1. The van der Waals surface area contributed by atoms with Crippen LogP contribution in [0.3, 0.4) is 0 Å². The highest BCUT2D eigenvalue weighted by atomic mass is 32.2. The SMILES string of the molecule is Cc1ccc(S(=O)(=O)N(C)C)cc1NC(=O)C(C)OC(=O)Cc1ccccc1[N+](=O)[O-]. The summed E-state index contributed by atoms with van der Waals surface area (Å²) in [6.07, 6.45) is -1.58. The number of anilines is 1. The number of benzene rings is 2. The quantitative estimate of drug-likeness (QED) is 0.371. The Kier molecular flexibility index (Phi) is 7.47. The average molecular weight is 449 g/mol. The number of hydrogen-bond donors (Lipinski definition) is 1. The minimum atomic E-state index is -3.70. The number of nitrogens with one attached hydrogen (secondary N) is 1. The molecule has 0 spiro atoms. The van der Waals surface area contributed by atoms with E-state index in [1.807, 2.05) is 0 Å². The highest BCUT2D eigenvalue weighted by molar-refractivity contribution is 7.89. The summed E-state index contributed by atoms with van der Waals surface area (Å²) in [5.74, 6) is -1.48. The first kappa shape index (κ1) is 24.0. The largest absolute Gasteiger partial charge is 0.452 e. The molecule has 10 nitrogen and oxygen atoms in total. The Morgan fingerprint density at radius 1 is 1.19 bits per heavy atom. The van der Waals surface area contributed by atoms with Crippen molar-refractivity contribution in [2.45, 2.75) is 31.3 Å². The molecule has 1 unspecified atom stereocenters. The predicted octanol–water partition coefficient (Wildman–Crippen LogP) is 2.27. The van der Waals surface area contributed by atoms with Crippen LogP contribution in [0.4, 0.5) is 11.4 Å². The Hall–Kier alpha value is -3.31. The van der Waals surface area contributed by atoms with Gasteiger partial charge in [-0.1, -0.05) is 24.3 Å². The van der Waals surface area contributed by atoms with Crippen LogP contribution in [-0.4, -0.2) is 49.7 Å². The average Bonchev–Trinajstić information content (AvgIpc) is 2.69. The lowest BCUT2D eigenvalue weighted by Gasteiger charge is -2.17. The van der Waals surface area contributed by atoms with E-state index in [0.29, 0.717) is 5.56 Å². The van der Waals surface area contributed by atoms with Crippen molar-refractivity contribution >= 4 is 33.3 Å². The van der Waals surface area contributed by atoms with Crippen molar-refractivity contribution in [1.82, 2.24) is 4.31 Å². The predicted molar refractivity (Wildman–Crippen MR) is 113 cm³/mol. The fourth-order valence-corrected chi connectivity index (χ4v) is 3.56. The van der Waals surface area contributed by atoms with Gasteiger partial charge in [0, 0.05) is 31.4 Å². The minimum Gasteiger partial charge on any atom is -0.452 e. The van der Waals surface area contributed by atoms with Crippen molar-refractivity contribution < 1.29 is 27.7 Å². The van der Waals surface area contributed by atoms with Crippen LogP contribution in [0.2, 0.25) is 0 Å². The van der Waals surface area contributed by atoms with E-state index in [2.05, 4.69) is 5.32 Å². The first-order valence-electron chi connectivity index (χ1n) is 9.19. The Morgan fingerprint density at radius 2 is 1.84 bits per heavy atom. The summed E-state index contributed by atoms with van der Waals surface area (Å²) < 4.78 is 30.8. The molecule has 0 saturated heterocycles. The molecule has 2 rings (SSSR count). The van der Waals surface area contributed by atoms with Crippen LogP contribution in [0, 0.1) is 17.0 Å². The zero-order chi connectivity index (χ0) is 23.3. The molecule has 11 heteroatoms. The second-order valence-corrected chi connectivity index (χ2v) is 9.10. The summed E-state index contributed by atoms with van der Waals surface area (Å²) in [6, 6.07) is 10.1. The highest BCUT2D eigenvalue weighted by Gasteiger charge is 2.23. The summed E-state index contributed by atoms with van der Waals surface area (Å²) >= 11 is 0. The van der Waals surface area contributed by atoms with E-state index in [1.54, 1.807) is 19.1 Å². The maximum atomic E-state index is 12.5. The second-order valence-electron chi connectivity index (χ2n) is 6.95. The van der Waals surface area contributed by atoms with Crippen molar-refractivity contribution in [2.24, 2.45) is 0 Å². The third kappa shape index (κ3) is 5.86. The van der Waals surface area contributed by atoms with Gasteiger partial charge in [0.05, 0.1) is 16.2 Å². The Labute approximate surface area is 180 Å². The molecule has 0 bridgehead atoms. The van der Waals surface area contributed by atoms with Crippen LogP contribution in [0.15, 0.2) is 47.4 Å². The fraction of sp³-hybridized carbons (Fsp3) is 0.300. The molecule has 31 heavy (non-hydrogen) atoms. The van der Waals surface area contributed by atoms with E-state index in [4.69, 9.17) is 4.74 Å². The number of nitro groups is 1. The van der Waals surface area contributed by atoms with Crippen LogP contribution in [0.5, 0.6) is 0 Å². The number of para-hydroxylation sites is 1. The molecule has 0 aliphatic rings. The van der Waals surface area contributed by atoms with Gasteiger partial charge in [-0.3, -0.25) is 19.7 Å². The van der Waals surface area contributed by atoms with Gasteiger partial charge in [-0.25, -0.2) is 12.7 Å². The van der Waals surface area contributed by atoms with Gasteiger partial charge in [-0.05, 0) is 31.5 Å². The molecule has 0 aliphatic heterocycles. The third-order valence-electron chi connectivity index (χ3n) is 4.45. The first-order valence-corrected chi connectivity index (χ1v) is 10.6. The summed E-state index contributed by atoms with van der Waals surface area (Å²) in [5, 5.41) is 13.6. The fourth-order valence-electron chi connectivity index (χ4n) is 2.63. The Morgan fingerprint density at radius 3 is 2.45 bits per heavy atom. The number of aryl methyl sites for hydroxylation is 1. The van der Waals surface area contributed by atoms with Crippen LogP contribution in [0.1, 0.15) is 18.1 Å². The van der Waals surface area contributed by atoms with Gasteiger partial charge < -0.3 is 10.1 Å². The second kappa shape index (κ2) is 9.67. The molecule has 0 radical (unpaired) electrons. The molecule has 0 aliphatic carbocycles. The molecule has 0 fully saturated rings. The van der Waals surface area contributed by atoms with Crippen molar-refractivity contribution in [2.75, 3.05) is 19.4 Å². The summed E-state index contributed by atoms with van der Waals surface area (Å²) in [4.78, 5) is 35.1. The van der Waals surface area contributed by atoms with Gasteiger partial charge in [-0.2, -0.15) is 0 Å². The molecule has 1 atom stereocenters. The van der Waals surface area contributed by atoms with Gasteiger partial charge in [0.15, 0.2) is 6.10 Å². The molecule has 1 N–H and O–H groups in total. The lowest BCUT2D eigenvalue weighted by Crippen LogP contribution is -2.31. The number of nitrogens with zero attached hydrogens (tertiary/aromatic N) is 2. The van der Waals surface area contributed by atoms with Crippen molar-refractivity contribution in [3.63, 3.8) is 0 Å². The molecule has 166 valence electrons. The topological polar surface area (TPSA) is 136 Å². The van der Waals surface area contributed by atoms with E-state index in [9.17, 15) is 28.1 Å². The first-order chi connectivity index (χ1) is 14.4. The normalized spacial score (nSPS) is 12.3. The van der Waals surface area contributed by atoms with E-state index in [1.165, 1.54) is 51.4 Å². The molecule has 0 saturated carbocycles. The van der Waals surface area contributed by atoms with Gasteiger partial charge in [0.2, 0.25) is 10.0 Å². The Bertz CT molecular complexity index is 1110. The van der Waals surface area contributed by atoms with E-state index in [0.717, 1.165) is 4.31 Å². The van der Waals surface area contributed by atoms with Crippen LogP contribution >= 0.6 is 0 Å². The van der Waals surface area contributed by atoms with Gasteiger partial charge in [0.1, 0.15) is 0 Å². The van der Waals surface area contributed by atoms with Crippen molar-refractivity contribution in [3.05, 3.63) is 63.7 Å². The summed E-state index contributed by atoms with van der Waals surface area (Å²) in [5.41, 5.74) is 0.827. The molecular weight excluding hydrogens is 426 g/mol. The molecule has 1 amide bonds. The number of amides is 1. The van der Waals surface area contributed by atoms with Gasteiger partial charge in [0.25, 0.3) is 11.6 Å². The molecule has 2 aromatic carbocycles. The standard InChI is InChI=1S/C20H23N3O7S/c1-13-9-10-16(31(28,29)22(3)4)12-17(13)21-20(25)14(2)30-19(24)11-15-7-5-6-8-18(15)23(26)27/h5-10,12,14H,11H2,1-4H3,(H,21,25). The molecule has 0 heterocycles. The van der Waals surface area contributed by atoms with Gasteiger partial charge >= 0.3 is 5.97 Å². The highest BCUT2D eigenvalue weighted by Crippen LogP contribution is 2.23. The minimum absolute atomic E-state index is 0.000523. The molecule has 2 aromatic rings. The maximum Gasteiger partial charge on any atom is 0.311 e. The monoisotopic (exact) mass is 449 g/mol. The number of carbonyl (C=O) groups excluding carboxylic acids is 2. The van der Waals surface area contributed by atoms with Crippen LogP contribution < -0.4 is 5.32 Å². The number of ether oxygens (including phenoxy) is 1. The maximum absolute atomic E-state index is 12.5. The zero-order valence-corrected chi connectivity index (χ0v) is 18.3. The van der Waals surface area contributed by atoms with E-state index >= 15 is 0 Å². The van der Waals surface area contributed by atoms with Crippen molar-refractivity contribution in [1.29, 1.82) is 0 Å². The van der Waals surface area contributed by atoms with Crippen LogP contribution in [-0.2, 0) is 30.8 Å². The van der Waals surface area contributed by atoms with Crippen LogP contribution in [0.25, 0.3) is 0 Å².